The minimum atomic E-state index is -0.175. The SMILES string of the molecule is Cc1ccc(-c2ccc(C(=O)Nc3ccc(O)cc3)cc2)cc1. The lowest BCUT2D eigenvalue weighted by Gasteiger charge is -2.07. The highest BCUT2D eigenvalue weighted by Crippen LogP contribution is 2.21. The third-order valence-electron chi connectivity index (χ3n) is 3.66. The van der Waals surface area contributed by atoms with E-state index >= 15 is 0 Å². The van der Waals surface area contributed by atoms with Gasteiger partial charge >= 0.3 is 0 Å². The van der Waals surface area contributed by atoms with Crippen molar-refractivity contribution < 1.29 is 9.90 Å². The molecule has 3 aromatic carbocycles. The molecule has 0 aliphatic heterocycles. The van der Waals surface area contributed by atoms with Crippen LogP contribution in [-0.2, 0) is 0 Å². The molecule has 23 heavy (non-hydrogen) atoms. The second-order valence-corrected chi connectivity index (χ2v) is 5.44. The number of aromatic hydroxyl groups is 1. The van der Waals surface area contributed by atoms with Crippen molar-refractivity contribution in [3.63, 3.8) is 0 Å². The molecule has 0 heterocycles. The van der Waals surface area contributed by atoms with Crippen LogP contribution in [0.2, 0.25) is 0 Å². The second kappa shape index (κ2) is 6.36. The molecule has 0 spiro atoms. The predicted molar refractivity (Wildman–Crippen MR) is 92.7 cm³/mol. The lowest BCUT2D eigenvalue weighted by atomic mass is 10.0. The van der Waals surface area contributed by atoms with E-state index in [0.29, 0.717) is 11.3 Å². The van der Waals surface area contributed by atoms with Crippen LogP contribution < -0.4 is 5.32 Å². The Labute approximate surface area is 135 Å². The monoisotopic (exact) mass is 303 g/mol. The molecule has 0 bridgehead atoms. The lowest BCUT2D eigenvalue weighted by Crippen LogP contribution is -2.11. The normalized spacial score (nSPS) is 10.3. The largest absolute Gasteiger partial charge is 0.508 e. The first kappa shape index (κ1) is 14.9. The van der Waals surface area contributed by atoms with Crippen LogP contribution in [0.1, 0.15) is 15.9 Å². The Morgan fingerprint density at radius 2 is 1.30 bits per heavy atom. The number of benzene rings is 3. The van der Waals surface area contributed by atoms with E-state index in [4.69, 9.17) is 0 Å². The highest BCUT2D eigenvalue weighted by Gasteiger charge is 2.06. The number of hydrogen-bond acceptors (Lipinski definition) is 2. The van der Waals surface area contributed by atoms with Crippen molar-refractivity contribution in [2.24, 2.45) is 0 Å². The van der Waals surface area contributed by atoms with E-state index < -0.39 is 0 Å². The number of phenols is 1. The Kier molecular flexibility index (Phi) is 4.11. The van der Waals surface area contributed by atoms with Crippen LogP contribution in [-0.4, -0.2) is 11.0 Å². The van der Waals surface area contributed by atoms with Gasteiger partial charge in [0.15, 0.2) is 0 Å². The molecule has 0 saturated heterocycles. The molecule has 0 fully saturated rings. The van der Waals surface area contributed by atoms with Crippen molar-refractivity contribution >= 4 is 11.6 Å². The van der Waals surface area contributed by atoms with Gasteiger partial charge in [-0.25, -0.2) is 0 Å². The average Bonchev–Trinajstić information content (AvgIpc) is 2.58. The molecule has 114 valence electrons. The molecule has 0 aliphatic carbocycles. The van der Waals surface area contributed by atoms with Gasteiger partial charge in [0.1, 0.15) is 5.75 Å². The molecule has 0 saturated carbocycles. The molecule has 1 amide bonds. The fraction of sp³-hybridized carbons (Fsp3) is 0.0500. The summed E-state index contributed by atoms with van der Waals surface area (Å²) in [7, 11) is 0. The zero-order chi connectivity index (χ0) is 16.2. The molecule has 0 aromatic heterocycles. The quantitative estimate of drug-likeness (QED) is 0.694. The maximum atomic E-state index is 12.2. The number of carbonyl (C=O) groups excluding carboxylic acids is 1. The van der Waals surface area contributed by atoms with Gasteiger partial charge in [-0.05, 0) is 54.4 Å². The van der Waals surface area contributed by atoms with Gasteiger partial charge in [0.2, 0.25) is 0 Å². The fourth-order valence-corrected chi connectivity index (χ4v) is 2.31. The summed E-state index contributed by atoms with van der Waals surface area (Å²) in [6.45, 7) is 2.06. The number of aryl methyl sites for hydroxylation is 1. The smallest absolute Gasteiger partial charge is 0.255 e. The molecule has 3 rings (SSSR count). The van der Waals surface area contributed by atoms with E-state index in [1.54, 1.807) is 12.1 Å². The van der Waals surface area contributed by atoms with Crippen molar-refractivity contribution in [1.82, 2.24) is 0 Å². The van der Waals surface area contributed by atoms with Gasteiger partial charge in [-0.3, -0.25) is 4.79 Å². The molecule has 3 aromatic rings. The highest BCUT2D eigenvalue weighted by molar-refractivity contribution is 6.04. The molecule has 2 N–H and O–H groups in total. The first-order valence-electron chi connectivity index (χ1n) is 7.39. The van der Waals surface area contributed by atoms with Gasteiger partial charge < -0.3 is 10.4 Å². The van der Waals surface area contributed by atoms with Crippen LogP contribution in [0.5, 0.6) is 5.75 Å². The van der Waals surface area contributed by atoms with Gasteiger partial charge in [-0.2, -0.15) is 0 Å². The van der Waals surface area contributed by atoms with E-state index in [0.717, 1.165) is 11.1 Å². The fourth-order valence-electron chi connectivity index (χ4n) is 2.31. The Hall–Kier alpha value is -3.07. The predicted octanol–water partition coefficient (Wildman–Crippen LogP) is 4.62. The standard InChI is InChI=1S/C20H17NO2/c1-14-2-4-15(5-3-14)16-6-8-17(9-7-16)20(23)21-18-10-12-19(22)13-11-18/h2-13,22H,1H3,(H,21,23). The molecular weight excluding hydrogens is 286 g/mol. The number of rotatable bonds is 3. The van der Waals surface area contributed by atoms with E-state index in [9.17, 15) is 9.90 Å². The maximum absolute atomic E-state index is 12.2. The summed E-state index contributed by atoms with van der Waals surface area (Å²) in [5.74, 6) is -0.00315. The summed E-state index contributed by atoms with van der Waals surface area (Å²) < 4.78 is 0. The number of amides is 1. The van der Waals surface area contributed by atoms with Gasteiger partial charge in [-0.15, -0.1) is 0 Å². The van der Waals surface area contributed by atoms with Crippen molar-refractivity contribution in [1.29, 1.82) is 0 Å². The summed E-state index contributed by atoms with van der Waals surface area (Å²) in [4.78, 5) is 12.2. The number of anilines is 1. The van der Waals surface area contributed by atoms with E-state index in [-0.39, 0.29) is 11.7 Å². The molecular formula is C20H17NO2. The first-order chi connectivity index (χ1) is 11.1. The molecule has 3 nitrogen and oxygen atoms in total. The number of hydrogen-bond donors (Lipinski definition) is 2. The van der Waals surface area contributed by atoms with Gasteiger partial charge in [0.25, 0.3) is 5.91 Å². The van der Waals surface area contributed by atoms with Crippen molar-refractivity contribution in [2.75, 3.05) is 5.32 Å². The molecule has 0 unspecified atom stereocenters. The third kappa shape index (κ3) is 3.58. The van der Waals surface area contributed by atoms with Crippen LogP contribution >= 0.6 is 0 Å². The molecule has 0 aliphatic rings. The van der Waals surface area contributed by atoms with Crippen molar-refractivity contribution in [3.8, 4) is 16.9 Å². The molecule has 0 atom stereocenters. The van der Waals surface area contributed by atoms with Gasteiger partial charge in [-0.1, -0.05) is 42.0 Å². The zero-order valence-electron chi connectivity index (χ0n) is 12.8. The third-order valence-corrected chi connectivity index (χ3v) is 3.66. The zero-order valence-corrected chi connectivity index (χ0v) is 12.8. The summed E-state index contributed by atoms with van der Waals surface area (Å²) in [6.07, 6.45) is 0. The first-order valence-corrected chi connectivity index (χ1v) is 7.39. The Bertz CT molecular complexity index is 804. The van der Waals surface area contributed by atoms with Crippen LogP contribution in [0.25, 0.3) is 11.1 Å². The Morgan fingerprint density at radius 3 is 1.87 bits per heavy atom. The Morgan fingerprint density at radius 1 is 0.783 bits per heavy atom. The topological polar surface area (TPSA) is 49.3 Å². The average molecular weight is 303 g/mol. The summed E-state index contributed by atoms with van der Waals surface area (Å²) in [5, 5.41) is 12.1. The summed E-state index contributed by atoms with van der Waals surface area (Å²) >= 11 is 0. The maximum Gasteiger partial charge on any atom is 0.255 e. The minimum absolute atomic E-state index is 0.172. The van der Waals surface area contributed by atoms with E-state index in [2.05, 4.69) is 36.5 Å². The number of phenolic OH excluding ortho intramolecular Hbond substituents is 1. The van der Waals surface area contributed by atoms with Gasteiger partial charge in [0.05, 0.1) is 0 Å². The lowest BCUT2D eigenvalue weighted by molar-refractivity contribution is 0.102. The number of carbonyl (C=O) groups is 1. The second-order valence-electron chi connectivity index (χ2n) is 5.44. The van der Waals surface area contributed by atoms with Crippen LogP contribution in [0, 0.1) is 6.92 Å². The molecule has 0 radical (unpaired) electrons. The van der Waals surface area contributed by atoms with Crippen LogP contribution in [0.4, 0.5) is 5.69 Å². The van der Waals surface area contributed by atoms with Gasteiger partial charge in [0, 0.05) is 11.3 Å². The van der Waals surface area contributed by atoms with E-state index in [1.165, 1.54) is 17.7 Å². The summed E-state index contributed by atoms with van der Waals surface area (Å²) in [5.41, 5.74) is 4.66. The summed E-state index contributed by atoms with van der Waals surface area (Å²) in [6, 6.07) is 22.2. The molecule has 3 heteroatoms. The highest BCUT2D eigenvalue weighted by atomic mass is 16.3. The Balaban J connectivity index is 1.74. The van der Waals surface area contributed by atoms with Crippen molar-refractivity contribution in [3.05, 3.63) is 83.9 Å². The van der Waals surface area contributed by atoms with E-state index in [1.807, 2.05) is 24.3 Å². The van der Waals surface area contributed by atoms with Crippen LogP contribution in [0.3, 0.4) is 0 Å². The van der Waals surface area contributed by atoms with Crippen LogP contribution in [0.15, 0.2) is 72.8 Å². The minimum Gasteiger partial charge on any atom is -0.508 e. The number of nitrogens with one attached hydrogen (secondary N) is 1. The van der Waals surface area contributed by atoms with Crippen molar-refractivity contribution in [2.45, 2.75) is 6.92 Å².